The number of nitrogens with one attached hydrogen (secondary N) is 1. The van der Waals surface area contributed by atoms with Crippen molar-refractivity contribution in [3.8, 4) is 0 Å². The van der Waals surface area contributed by atoms with E-state index in [1.807, 2.05) is 24.3 Å². The van der Waals surface area contributed by atoms with Gasteiger partial charge in [-0.2, -0.15) is 0 Å². The molecule has 0 aromatic heterocycles. The minimum Gasteiger partial charge on any atom is -0.327 e. The van der Waals surface area contributed by atoms with Gasteiger partial charge in [-0.05, 0) is 28.1 Å². The summed E-state index contributed by atoms with van der Waals surface area (Å²) in [5.41, 5.74) is 1.11. The summed E-state index contributed by atoms with van der Waals surface area (Å²) in [7, 11) is 0. The average Bonchev–Trinajstić information content (AvgIpc) is 1.89. The van der Waals surface area contributed by atoms with Crippen molar-refractivity contribution in [3.05, 3.63) is 28.7 Å². The molecule has 0 radical (unpaired) electrons. The van der Waals surface area contributed by atoms with E-state index in [-0.39, 0.29) is 0 Å². The number of benzene rings is 1. The molecule has 0 aliphatic heterocycles. The zero-order valence-corrected chi connectivity index (χ0v) is 8.31. The number of para-hydroxylation sites is 1. The topological polar surface area (TPSA) is 12.0 Å². The molecular weight excluding hydrogens is 293 g/mol. The highest BCUT2D eigenvalue weighted by molar-refractivity contribution is 14.1. The smallest absolute Gasteiger partial charge is 0.0571 e. The van der Waals surface area contributed by atoms with Gasteiger partial charge in [-0.15, -0.1) is 0 Å². The van der Waals surface area contributed by atoms with Crippen LogP contribution in [0.1, 0.15) is 0 Å². The van der Waals surface area contributed by atoms with Crippen LogP contribution in [0.4, 0.5) is 5.69 Å². The molecule has 1 N–H and O–H groups in total. The van der Waals surface area contributed by atoms with E-state index in [1.165, 1.54) is 0 Å². The average molecular weight is 298 g/mol. The third-order valence-corrected chi connectivity index (χ3v) is 2.25. The maximum atomic E-state index is 3.39. The van der Waals surface area contributed by atoms with Crippen LogP contribution in [0.2, 0.25) is 0 Å². The molecule has 48 valence electrons. The molecule has 0 amide bonds. The van der Waals surface area contributed by atoms with Gasteiger partial charge in [0.05, 0.1) is 28.6 Å². The Hall–Kier alpha value is 0.230. The third kappa shape index (κ3) is 1.82. The van der Waals surface area contributed by atoms with Crippen molar-refractivity contribution >= 4 is 44.5 Å². The number of rotatable bonds is 1. The fourth-order valence-electron chi connectivity index (χ4n) is 0.538. The monoisotopic (exact) mass is 297 g/mol. The van der Waals surface area contributed by atoms with Crippen molar-refractivity contribution in [2.24, 2.45) is 0 Å². The predicted molar refractivity (Wildman–Crippen MR) is 51.8 cm³/mol. The van der Waals surface area contributed by atoms with E-state index in [0.29, 0.717) is 0 Å². The van der Waals surface area contributed by atoms with Crippen molar-refractivity contribution in [1.82, 2.24) is 0 Å². The molecule has 1 aromatic rings. The molecule has 9 heavy (non-hydrogen) atoms. The second kappa shape index (κ2) is 3.41. The molecule has 0 spiro atoms. The molecule has 0 unspecified atom stereocenters. The van der Waals surface area contributed by atoms with Crippen LogP contribution in [-0.4, -0.2) is 0 Å². The van der Waals surface area contributed by atoms with E-state index in [9.17, 15) is 0 Å². The van der Waals surface area contributed by atoms with Gasteiger partial charge in [0.15, 0.2) is 0 Å². The van der Waals surface area contributed by atoms with Gasteiger partial charge in [0.1, 0.15) is 0 Å². The second-order valence-corrected chi connectivity index (χ2v) is 2.97. The van der Waals surface area contributed by atoms with E-state index < -0.39 is 0 Å². The minimum absolute atomic E-state index is 1.10. The van der Waals surface area contributed by atoms with E-state index in [4.69, 9.17) is 0 Å². The number of hydrogen-bond acceptors (Lipinski definition) is 1. The van der Waals surface area contributed by atoms with Crippen LogP contribution in [0.3, 0.4) is 0 Å². The first-order valence-corrected chi connectivity index (χ1v) is 4.33. The van der Waals surface area contributed by atoms with Crippen LogP contribution < -0.4 is 3.53 Å². The molecule has 0 atom stereocenters. The summed E-state index contributed by atoms with van der Waals surface area (Å²) < 4.78 is 4.12. The molecule has 3 heteroatoms. The van der Waals surface area contributed by atoms with Gasteiger partial charge in [-0.25, -0.2) is 0 Å². The molecule has 0 bridgehead atoms. The summed E-state index contributed by atoms with van der Waals surface area (Å²) in [6.45, 7) is 0. The van der Waals surface area contributed by atoms with Crippen LogP contribution in [-0.2, 0) is 0 Å². The zero-order valence-electron chi connectivity index (χ0n) is 4.57. The zero-order chi connectivity index (χ0) is 6.69. The lowest BCUT2D eigenvalue weighted by Gasteiger charge is -1.97. The summed E-state index contributed by atoms with van der Waals surface area (Å²) in [5, 5.41) is 0. The van der Waals surface area contributed by atoms with Crippen molar-refractivity contribution < 1.29 is 0 Å². The Balaban J connectivity index is 3.01. The summed E-state index contributed by atoms with van der Waals surface area (Å²) in [6, 6.07) is 7.99. The summed E-state index contributed by atoms with van der Waals surface area (Å²) in [4.78, 5) is 0. The van der Waals surface area contributed by atoms with E-state index >= 15 is 0 Å². The largest absolute Gasteiger partial charge is 0.327 e. The maximum Gasteiger partial charge on any atom is 0.0571 e. The van der Waals surface area contributed by atoms with Crippen molar-refractivity contribution in [3.63, 3.8) is 0 Å². The quantitative estimate of drug-likeness (QED) is 0.620. The van der Waals surface area contributed by atoms with E-state index in [0.717, 1.165) is 10.2 Å². The molecule has 0 heterocycles. The van der Waals surface area contributed by atoms with Crippen LogP contribution in [0.15, 0.2) is 28.7 Å². The Morgan fingerprint density at radius 1 is 1.33 bits per heavy atom. The molecule has 0 fully saturated rings. The first-order chi connectivity index (χ1) is 4.34. The number of hydrogen-bond donors (Lipinski definition) is 1. The van der Waals surface area contributed by atoms with Gasteiger partial charge in [0.25, 0.3) is 0 Å². The Labute approximate surface area is 76.5 Å². The summed E-state index contributed by atoms with van der Waals surface area (Å²) in [5.74, 6) is 0. The Morgan fingerprint density at radius 2 is 2.00 bits per heavy atom. The van der Waals surface area contributed by atoms with Gasteiger partial charge >= 0.3 is 0 Å². The van der Waals surface area contributed by atoms with Gasteiger partial charge in [0.2, 0.25) is 0 Å². The first-order valence-electron chi connectivity index (χ1n) is 2.46. The number of anilines is 1. The highest BCUT2D eigenvalue weighted by atomic mass is 127. The Kier molecular flexibility index (Phi) is 2.78. The predicted octanol–water partition coefficient (Wildman–Crippen LogP) is 3.21. The lowest BCUT2D eigenvalue weighted by Crippen LogP contribution is -1.78. The normalized spacial score (nSPS) is 9.11. The van der Waals surface area contributed by atoms with Gasteiger partial charge in [-0.3, -0.25) is 0 Å². The lowest BCUT2D eigenvalue weighted by molar-refractivity contribution is 1.64. The molecule has 1 rings (SSSR count). The van der Waals surface area contributed by atoms with Crippen LogP contribution >= 0.6 is 38.8 Å². The summed E-state index contributed by atoms with van der Waals surface area (Å²) in [6.07, 6.45) is 0. The highest BCUT2D eigenvalue weighted by Gasteiger charge is 1.91. The molecule has 1 aromatic carbocycles. The maximum absolute atomic E-state index is 3.39. The van der Waals surface area contributed by atoms with Gasteiger partial charge in [0, 0.05) is 4.47 Å². The van der Waals surface area contributed by atoms with Crippen molar-refractivity contribution in [1.29, 1.82) is 0 Å². The molecule has 0 aliphatic carbocycles. The molecule has 0 saturated heterocycles. The standard InChI is InChI=1S/C6H5BrIN/c7-5-3-1-2-4-6(5)9-8/h1-4,9H. The molecule has 0 aliphatic rings. The molecule has 1 nitrogen and oxygen atoms in total. The Bertz CT molecular complexity index is 202. The Morgan fingerprint density at radius 3 is 2.44 bits per heavy atom. The SMILES string of the molecule is Brc1ccccc1NI. The fourth-order valence-corrected chi connectivity index (χ4v) is 1.76. The van der Waals surface area contributed by atoms with Crippen LogP contribution in [0.25, 0.3) is 0 Å². The van der Waals surface area contributed by atoms with Crippen LogP contribution in [0, 0.1) is 0 Å². The fraction of sp³-hybridized carbons (Fsp3) is 0. The first kappa shape index (κ1) is 7.34. The van der Waals surface area contributed by atoms with E-state index in [2.05, 4.69) is 42.3 Å². The molecular formula is C6H5BrIN. The van der Waals surface area contributed by atoms with Crippen molar-refractivity contribution in [2.75, 3.05) is 3.53 Å². The summed E-state index contributed by atoms with van der Waals surface area (Å²) >= 11 is 5.49. The second-order valence-electron chi connectivity index (χ2n) is 1.57. The van der Waals surface area contributed by atoms with E-state index in [1.54, 1.807) is 0 Å². The third-order valence-electron chi connectivity index (χ3n) is 0.976. The number of halogens is 2. The van der Waals surface area contributed by atoms with Crippen molar-refractivity contribution in [2.45, 2.75) is 0 Å². The van der Waals surface area contributed by atoms with Crippen LogP contribution in [0.5, 0.6) is 0 Å². The highest BCUT2D eigenvalue weighted by Crippen LogP contribution is 2.21. The molecule has 0 saturated carbocycles. The van der Waals surface area contributed by atoms with Gasteiger partial charge in [-0.1, -0.05) is 12.1 Å². The minimum atomic E-state index is 1.10. The lowest BCUT2D eigenvalue weighted by atomic mass is 10.3. The van der Waals surface area contributed by atoms with Gasteiger partial charge < -0.3 is 3.53 Å².